The van der Waals surface area contributed by atoms with Crippen LogP contribution in [0.5, 0.6) is 0 Å². The molecule has 2 rings (SSSR count). The van der Waals surface area contributed by atoms with Crippen LogP contribution in [0, 0.1) is 6.92 Å². The zero-order valence-corrected chi connectivity index (χ0v) is 9.58. The van der Waals surface area contributed by atoms with Gasteiger partial charge in [0.1, 0.15) is 18.6 Å². The molecule has 0 aliphatic carbocycles. The van der Waals surface area contributed by atoms with E-state index in [1.807, 2.05) is 6.92 Å². The number of ketones is 1. The molecule has 0 spiro atoms. The molecule has 0 aliphatic heterocycles. The van der Waals surface area contributed by atoms with Crippen molar-refractivity contribution in [1.82, 2.24) is 19.7 Å². The first-order valence-corrected chi connectivity index (χ1v) is 5.08. The molecule has 0 fully saturated rings. The van der Waals surface area contributed by atoms with E-state index in [0.29, 0.717) is 17.0 Å². The lowest BCUT2D eigenvalue weighted by atomic mass is 10.1. The van der Waals surface area contributed by atoms with Crippen molar-refractivity contribution in [3.63, 3.8) is 0 Å². The number of nitrogens with zero attached hydrogens (tertiary/aromatic N) is 4. The monoisotopic (exact) mass is 232 g/mol. The SMILES string of the molecule is Cc1cc(-c2cnn(C)c2C(=O)CO)ncn1. The van der Waals surface area contributed by atoms with E-state index in [4.69, 9.17) is 5.11 Å². The van der Waals surface area contributed by atoms with Gasteiger partial charge in [-0.1, -0.05) is 0 Å². The number of rotatable bonds is 3. The highest BCUT2D eigenvalue weighted by Gasteiger charge is 2.18. The second kappa shape index (κ2) is 4.42. The Morgan fingerprint density at radius 1 is 1.47 bits per heavy atom. The number of carbonyl (C=O) groups is 1. The standard InChI is InChI=1S/C11H12N4O2/c1-7-3-9(13-6-12-7)8-4-14-15(2)11(8)10(17)5-16/h3-4,6,16H,5H2,1-2H3. The van der Waals surface area contributed by atoms with Gasteiger partial charge in [0.15, 0.2) is 0 Å². The molecule has 6 nitrogen and oxygen atoms in total. The molecule has 0 saturated heterocycles. The molecule has 0 bridgehead atoms. The predicted molar refractivity (Wildman–Crippen MR) is 60.4 cm³/mol. The van der Waals surface area contributed by atoms with Crippen LogP contribution in [0.25, 0.3) is 11.3 Å². The van der Waals surface area contributed by atoms with Crippen LogP contribution in [0.3, 0.4) is 0 Å². The summed E-state index contributed by atoms with van der Waals surface area (Å²) < 4.78 is 1.44. The maximum absolute atomic E-state index is 11.6. The van der Waals surface area contributed by atoms with E-state index < -0.39 is 6.61 Å². The summed E-state index contributed by atoms with van der Waals surface area (Å²) in [6.07, 6.45) is 3.00. The molecule has 0 aromatic carbocycles. The van der Waals surface area contributed by atoms with E-state index in [0.717, 1.165) is 5.69 Å². The van der Waals surface area contributed by atoms with E-state index in [2.05, 4.69) is 15.1 Å². The van der Waals surface area contributed by atoms with Crippen molar-refractivity contribution in [3.05, 3.63) is 30.0 Å². The zero-order chi connectivity index (χ0) is 12.4. The third kappa shape index (κ3) is 2.07. The minimum absolute atomic E-state index is 0.352. The summed E-state index contributed by atoms with van der Waals surface area (Å²) in [5.74, 6) is -0.378. The minimum atomic E-state index is -0.545. The predicted octanol–water partition coefficient (Wildman–Crippen LogP) is 0.361. The van der Waals surface area contributed by atoms with E-state index in [-0.39, 0.29) is 5.78 Å². The first-order valence-electron chi connectivity index (χ1n) is 5.08. The fourth-order valence-corrected chi connectivity index (χ4v) is 1.63. The Morgan fingerprint density at radius 3 is 2.88 bits per heavy atom. The van der Waals surface area contributed by atoms with Crippen molar-refractivity contribution in [2.75, 3.05) is 6.61 Å². The maximum Gasteiger partial charge on any atom is 0.206 e. The van der Waals surface area contributed by atoms with Gasteiger partial charge in [-0.3, -0.25) is 9.48 Å². The summed E-state index contributed by atoms with van der Waals surface area (Å²) in [6.45, 7) is 1.30. The van der Waals surface area contributed by atoms with Crippen LogP contribution in [0.4, 0.5) is 0 Å². The summed E-state index contributed by atoms with van der Waals surface area (Å²) >= 11 is 0. The number of Topliss-reactive ketones (excluding diaryl/α,β-unsaturated/α-hetero) is 1. The molecule has 0 unspecified atom stereocenters. The van der Waals surface area contributed by atoms with Gasteiger partial charge in [0.2, 0.25) is 5.78 Å². The number of carbonyl (C=O) groups excluding carboxylic acids is 1. The molecule has 0 saturated carbocycles. The van der Waals surface area contributed by atoms with Crippen LogP contribution in [-0.2, 0) is 7.05 Å². The van der Waals surface area contributed by atoms with E-state index in [9.17, 15) is 4.79 Å². The second-order valence-corrected chi connectivity index (χ2v) is 3.66. The molecule has 0 atom stereocenters. The van der Waals surface area contributed by atoms with Crippen molar-refractivity contribution in [2.45, 2.75) is 6.92 Å². The molecule has 2 aromatic heterocycles. The number of hydrogen-bond acceptors (Lipinski definition) is 5. The Balaban J connectivity index is 2.57. The van der Waals surface area contributed by atoms with E-state index >= 15 is 0 Å². The molecule has 17 heavy (non-hydrogen) atoms. The smallest absolute Gasteiger partial charge is 0.206 e. The highest BCUT2D eigenvalue weighted by molar-refractivity contribution is 6.01. The number of aryl methyl sites for hydroxylation is 2. The van der Waals surface area contributed by atoms with Gasteiger partial charge in [0.25, 0.3) is 0 Å². The molecule has 0 aliphatic rings. The normalized spacial score (nSPS) is 10.5. The van der Waals surface area contributed by atoms with Gasteiger partial charge in [-0.05, 0) is 13.0 Å². The largest absolute Gasteiger partial charge is 0.388 e. The van der Waals surface area contributed by atoms with Crippen molar-refractivity contribution in [1.29, 1.82) is 0 Å². The lowest BCUT2D eigenvalue weighted by molar-refractivity contribution is 0.0895. The Kier molecular flexibility index (Phi) is 2.97. The second-order valence-electron chi connectivity index (χ2n) is 3.66. The molecular formula is C11H12N4O2. The molecule has 1 N–H and O–H groups in total. The topological polar surface area (TPSA) is 80.9 Å². The third-order valence-corrected chi connectivity index (χ3v) is 2.43. The lowest BCUT2D eigenvalue weighted by Gasteiger charge is -2.03. The zero-order valence-electron chi connectivity index (χ0n) is 9.58. The minimum Gasteiger partial charge on any atom is -0.388 e. The van der Waals surface area contributed by atoms with Crippen LogP contribution in [0.1, 0.15) is 16.2 Å². The molecule has 0 amide bonds. The van der Waals surface area contributed by atoms with Gasteiger partial charge in [-0.15, -0.1) is 0 Å². The fourth-order valence-electron chi connectivity index (χ4n) is 1.63. The first kappa shape index (κ1) is 11.4. The quantitative estimate of drug-likeness (QED) is 0.773. The van der Waals surface area contributed by atoms with E-state index in [1.165, 1.54) is 11.0 Å². The molecule has 2 aromatic rings. The summed E-state index contributed by atoms with van der Waals surface area (Å²) in [5, 5.41) is 12.9. The van der Waals surface area contributed by atoms with Crippen LogP contribution < -0.4 is 0 Å². The average Bonchev–Trinajstić information content (AvgIpc) is 2.70. The third-order valence-electron chi connectivity index (χ3n) is 2.43. The van der Waals surface area contributed by atoms with Crippen LogP contribution in [-0.4, -0.2) is 37.2 Å². The molecule has 0 radical (unpaired) electrons. The molecule has 2 heterocycles. The summed E-state index contributed by atoms with van der Waals surface area (Å²) in [5.41, 5.74) is 2.39. The van der Waals surface area contributed by atoms with Crippen LogP contribution in [0.2, 0.25) is 0 Å². The van der Waals surface area contributed by atoms with Crippen molar-refractivity contribution in [2.24, 2.45) is 7.05 Å². The van der Waals surface area contributed by atoms with Gasteiger partial charge in [-0.25, -0.2) is 9.97 Å². The summed E-state index contributed by atoms with van der Waals surface area (Å²) in [4.78, 5) is 19.7. The van der Waals surface area contributed by atoms with Crippen molar-refractivity contribution < 1.29 is 9.90 Å². The fraction of sp³-hybridized carbons (Fsp3) is 0.273. The molecular weight excluding hydrogens is 220 g/mol. The van der Waals surface area contributed by atoms with E-state index in [1.54, 1.807) is 19.3 Å². The van der Waals surface area contributed by atoms with Gasteiger partial charge in [0.05, 0.1) is 11.9 Å². The maximum atomic E-state index is 11.6. The average molecular weight is 232 g/mol. The Morgan fingerprint density at radius 2 is 2.24 bits per heavy atom. The van der Waals surface area contributed by atoms with Crippen LogP contribution >= 0.6 is 0 Å². The molecule has 6 heteroatoms. The van der Waals surface area contributed by atoms with Gasteiger partial charge in [-0.2, -0.15) is 5.10 Å². The van der Waals surface area contributed by atoms with Gasteiger partial charge in [0, 0.05) is 18.3 Å². The summed E-state index contributed by atoms with van der Waals surface area (Å²) in [6, 6.07) is 1.77. The number of aromatic nitrogens is 4. The van der Waals surface area contributed by atoms with Gasteiger partial charge >= 0.3 is 0 Å². The van der Waals surface area contributed by atoms with Crippen LogP contribution in [0.15, 0.2) is 18.6 Å². The Bertz CT molecular complexity index is 562. The number of hydrogen-bond donors (Lipinski definition) is 1. The highest BCUT2D eigenvalue weighted by atomic mass is 16.3. The Hall–Kier alpha value is -2.08. The number of aliphatic hydroxyl groups excluding tert-OH is 1. The molecule has 88 valence electrons. The van der Waals surface area contributed by atoms with Crippen molar-refractivity contribution in [3.8, 4) is 11.3 Å². The highest BCUT2D eigenvalue weighted by Crippen LogP contribution is 2.21. The Labute approximate surface area is 98.0 Å². The lowest BCUT2D eigenvalue weighted by Crippen LogP contribution is -2.12. The number of aliphatic hydroxyl groups is 1. The summed E-state index contributed by atoms with van der Waals surface area (Å²) in [7, 11) is 1.65. The van der Waals surface area contributed by atoms with Gasteiger partial charge < -0.3 is 5.11 Å². The first-order chi connectivity index (χ1) is 8.13. The van der Waals surface area contributed by atoms with Crippen molar-refractivity contribution >= 4 is 5.78 Å².